The van der Waals surface area contributed by atoms with Crippen molar-refractivity contribution in [2.45, 2.75) is 4.90 Å². The standard InChI is InChI=1S/C16H12N6O3S2/c17-14-16-20-15(13-4-2-7-25-13)21-22(16)9-11(19-14)3-1-6-18-27(23,24)12-5-8-26-10-12/h2,4-5,7-10,18H,6H2,(H2,17,19). The first kappa shape index (κ1) is 17.2. The Morgan fingerprint density at radius 2 is 2.22 bits per heavy atom. The van der Waals surface area contributed by atoms with Crippen LogP contribution in [0.5, 0.6) is 0 Å². The second-order valence-electron chi connectivity index (χ2n) is 5.28. The van der Waals surface area contributed by atoms with Crippen molar-refractivity contribution in [1.29, 1.82) is 0 Å². The lowest BCUT2D eigenvalue weighted by molar-refractivity contribution is 0.577. The summed E-state index contributed by atoms with van der Waals surface area (Å²) in [5.74, 6) is 6.52. The second kappa shape index (κ2) is 6.84. The van der Waals surface area contributed by atoms with Crippen LogP contribution in [-0.4, -0.2) is 34.5 Å². The maximum absolute atomic E-state index is 12.0. The summed E-state index contributed by atoms with van der Waals surface area (Å²) >= 11 is 1.30. The molecule has 0 radical (unpaired) electrons. The van der Waals surface area contributed by atoms with E-state index in [1.54, 1.807) is 29.1 Å². The monoisotopic (exact) mass is 400 g/mol. The van der Waals surface area contributed by atoms with Crippen molar-refractivity contribution in [3.05, 3.63) is 47.1 Å². The molecule has 0 aromatic carbocycles. The SMILES string of the molecule is Nc1nc(C#CCNS(=O)(=O)c2ccsc2)cn2nc(-c3ccco3)nc12. The average molecular weight is 400 g/mol. The lowest BCUT2D eigenvalue weighted by Crippen LogP contribution is -2.23. The van der Waals surface area contributed by atoms with Crippen molar-refractivity contribution >= 4 is 32.8 Å². The van der Waals surface area contributed by atoms with Gasteiger partial charge in [0.15, 0.2) is 17.2 Å². The molecule has 0 amide bonds. The van der Waals surface area contributed by atoms with E-state index >= 15 is 0 Å². The molecule has 0 fully saturated rings. The number of fused-ring (bicyclic) bond motifs is 1. The van der Waals surface area contributed by atoms with Gasteiger partial charge in [0.05, 0.1) is 23.9 Å². The zero-order valence-corrected chi connectivity index (χ0v) is 15.3. The summed E-state index contributed by atoms with van der Waals surface area (Å²) in [4.78, 5) is 8.65. The Kier molecular flexibility index (Phi) is 4.36. The van der Waals surface area contributed by atoms with E-state index in [4.69, 9.17) is 10.2 Å². The van der Waals surface area contributed by atoms with Crippen LogP contribution < -0.4 is 10.5 Å². The van der Waals surface area contributed by atoms with Crippen LogP contribution in [0.1, 0.15) is 5.69 Å². The van der Waals surface area contributed by atoms with Crippen LogP contribution in [0.25, 0.3) is 17.2 Å². The van der Waals surface area contributed by atoms with Gasteiger partial charge in [-0.2, -0.15) is 16.1 Å². The molecular formula is C16H12N6O3S2. The molecule has 0 saturated carbocycles. The zero-order valence-electron chi connectivity index (χ0n) is 13.7. The molecule has 0 atom stereocenters. The Morgan fingerprint density at radius 1 is 1.33 bits per heavy atom. The Balaban J connectivity index is 1.54. The molecule has 4 aromatic rings. The first-order valence-electron chi connectivity index (χ1n) is 7.60. The number of nitrogens with zero attached hydrogens (tertiary/aromatic N) is 4. The molecule has 0 aliphatic heterocycles. The summed E-state index contributed by atoms with van der Waals surface area (Å²) in [6, 6.07) is 4.99. The minimum atomic E-state index is -3.56. The van der Waals surface area contributed by atoms with E-state index in [1.807, 2.05) is 0 Å². The summed E-state index contributed by atoms with van der Waals surface area (Å²) in [5.41, 5.74) is 6.64. The van der Waals surface area contributed by atoms with Crippen LogP contribution in [0.15, 0.2) is 50.7 Å². The van der Waals surface area contributed by atoms with Gasteiger partial charge in [-0.1, -0.05) is 5.92 Å². The summed E-state index contributed by atoms with van der Waals surface area (Å²) in [5, 5.41) is 7.53. The molecule has 0 unspecified atom stereocenters. The molecule has 0 saturated heterocycles. The third-order valence-corrected chi connectivity index (χ3v) is 5.69. The number of nitrogens with one attached hydrogen (secondary N) is 1. The molecule has 0 spiro atoms. The quantitative estimate of drug-likeness (QED) is 0.495. The summed E-state index contributed by atoms with van der Waals surface area (Å²) in [7, 11) is -3.56. The number of rotatable bonds is 4. The van der Waals surface area contributed by atoms with Crippen LogP contribution in [0.3, 0.4) is 0 Å². The summed E-state index contributed by atoms with van der Waals surface area (Å²) in [6.07, 6.45) is 3.09. The van der Waals surface area contributed by atoms with E-state index < -0.39 is 10.0 Å². The molecule has 4 aromatic heterocycles. The van der Waals surface area contributed by atoms with Crippen LogP contribution in [-0.2, 0) is 10.0 Å². The van der Waals surface area contributed by atoms with E-state index in [0.717, 1.165) is 0 Å². The number of sulfonamides is 1. The van der Waals surface area contributed by atoms with Crippen LogP contribution in [0.2, 0.25) is 0 Å². The molecule has 0 aliphatic rings. The Bertz CT molecular complexity index is 1250. The highest BCUT2D eigenvalue weighted by Crippen LogP contribution is 2.18. The Hall–Kier alpha value is -3.20. The van der Waals surface area contributed by atoms with Crippen molar-refractivity contribution in [3.63, 3.8) is 0 Å². The van der Waals surface area contributed by atoms with Crippen LogP contribution >= 0.6 is 11.3 Å². The van der Waals surface area contributed by atoms with Crippen molar-refractivity contribution < 1.29 is 12.8 Å². The highest BCUT2D eigenvalue weighted by molar-refractivity contribution is 7.89. The number of anilines is 1. The van der Waals surface area contributed by atoms with Crippen molar-refractivity contribution in [3.8, 4) is 23.4 Å². The predicted molar refractivity (Wildman–Crippen MR) is 99.3 cm³/mol. The molecule has 4 heterocycles. The van der Waals surface area contributed by atoms with E-state index in [-0.39, 0.29) is 17.3 Å². The first-order valence-corrected chi connectivity index (χ1v) is 10.0. The highest BCUT2D eigenvalue weighted by atomic mass is 32.2. The molecular weight excluding hydrogens is 388 g/mol. The maximum Gasteiger partial charge on any atom is 0.242 e. The fourth-order valence-electron chi connectivity index (χ4n) is 2.24. The van der Waals surface area contributed by atoms with Gasteiger partial charge in [-0.3, -0.25) is 0 Å². The number of nitrogen functional groups attached to an aromatic ring is 1. The Labute approximate surface area is 157 Å². The normalized spacial score (nSPS) is 11.4. The predicted octanol–water partition coefficient (Wildman–Crippen LogP) is 1.36. The molecule has 9 nitrogen and oxygen atoms in total. The minimum Gasteiger partial charge on any atom is -0.461 e. The fourth-order valence-corrected chi connectivity index (χ4v) is 4.19. The van der Waals surface area contributed by atoms with Gasteiger partial charge in [0.25, 0.3) is 0 Å². The number of hydrogen-bond acceptors (Lipinski definition) is 8. The zero-order chi connectivity index (χ0) is 18.9. The van der Waals surface area contributed by atoms with E-state index in [1.165, 1.54) is 28.2 Å². The largest absolute Gasteiger partial charge is 0.461 e. The fraction of sp³-hybridized carbons (Fsp3) is 0.0625. The lowest BCUT2D eigenvalue weighted by Gasteiger charge is -2.00. The lowest BCUT2D eigenvalue weighted by atomic mass is 10.4. The molecule has 27 heavy (non-hydrogen) atoms. The molecule has 11 heteroatoms. The molecule has 4 rings (SSSR count). The van der Waals surface area contributed by atoms with Gasteiger partial charge in [0.2, 0.25) is 15.8 Å². The van der Waals surface area contributed by atoms with Gasteiger partial charge in [0.1, 0.15) is 5.69 Å². The first-order chi connectivity index (χ1) is 13.0. The smallest absolute Gasteiger partial charge is 0.242 e. The van der Waals surface area contributed by atoms with E-state index in [2.05, 4.69) is 31.6 Å². The van der Waals surface area contributed by atoms with Gasteiger partial charge in [0, 0.05) is 5.38 Å². The van der Waals surface area contributed by atoms with Crippen molar-refractivity contribution in [1.82, 2.24) is 24.3 Å². The molecule has 0 bridgehead atoms. The third-order valence-electron chi connectivity index (χ3n) is 3.46. The second-order valence-corrected chi connectivity index (χ2v) is 7.82. The average Bonchev–Trinajstić information content (AvgIpc) is 3.39. The van der Waals surface area contributed by atoms with Gasteiger partial charge in [-0.25, -0.2) is 22.9 Å². The number of thiophene rings is 1. The number of aromatic nitrogens is 4. The third kappa shape index (κ3) is 3.54. The molecule has 3 N–H and O–H groups in total. The van der Waals surface area contributed by atoms with Crippen LogP contribution in [0.4, 0.5) is 5.82 Å². The Morgan fingerprint density at radius 3 is 2.96 bits per heavy atom. The van der Waals surface area contributed by atoms with Crippen molar-refractivity contribution in [2.24, 2.45) is 0 Å². The molecule has 0 aliphatic carbocycles. The topological polar surface area (TPSA) is 128 Å². The number of hydrogen-bond donors (Lipinski definition) is 2. The van der Waals surface area contributed by atoms with Gasteiger partial charge >= 0.3 is 0 Å². The summed E-state index contributed by atoms with van der Waals surface area (Å²) in [6.45, 7) is -0.0627. The summed E-state index contributed by atoms with van der Waals surface area (Å²) < 4.78 is 33.2. The van der Waals surface area contributed by atoms with Crippen LogP contribution in [0, 0.1) is 11.8 Å². The minimum absolute atomic E-state index is 0.0627. The maximum atomic E-state index is 12.0. The molecule has 136 valence electrons. The number of furan rings is 1. The van der Waals surface area contributed by atoms with Gasteiger partial charge in [-0.15, -0.1) is 5.10 Å². The van der Waals surface area contributed by atoms with Gasteiger partial charge in [-0.05, 0) is 29.5 Å². The van der Waals surface area contributed by atoms with E-state index in [0.29, 0.717) is 22.9 Å². The number of nitrogens with two attached hydrogens (primary N) is 1. The van der Waals surface area contributed by atoms with E-state index in [9.17, 15) is 8.42 Å². The van der Waals surface area contributed by atoms with Crippen molar-refractivity contribution in [2.75, 3.05) is 12.3 Å². The van der Waals surface area contributed by atoms with Gasteiger partial charge < -0.3 is 10.2 Å². The highest BCUT2D eigenvalue weighted by Gasteiger charge is 2.13.